The third-order valence-corrected chi connectivity index (χ3v) is 5.59. The van der Waals surface area contributed by atoms with Crippen LogP contribution in [-0.2, 0) is 25.7 Å². The number of carbonyl (C=O) groups is 2. The molecule has 2 aliphatic heterocycles. The minimum atomic E-state index is -0.589. The molecule has 0 bridgehead atoms. The van der Waals surface area contributed by atoms with Crippen LogP contribution in [0.5, 0.6) is 0 Å². The van der Waals surface area contributed by atoms with Crippen LogP contribution in [-0.4, -0.2) is 50.3 Å². The average Bonchev–Trinajstić information content (AvgIpc) is 2.82. The molecule has 8 nitrogen and oxygen atoms in total. The Morgan fingerprint density at radius 2 is 1.82 bits per heavy atom. The van der Waals surface area contributed by atoms with E-state index in [1.807, 2.05) is 12.1 Å². The van der Waals surface area contributed by atoms with Crippen molar-refractivity contribution in [1.29, 1.82) is 0 Å². The van der Waals surface area contributed by atoms with Gasteiger partial charge in [-0.25, -0.2) is 4.79 Å². The Kier molecular flexibility index (Phi) is 6.97. The van der Waals surface area contributed by atoms with E-state index in [1.54, 1.807) is 45.0 Å². The maximum Gasteiger partial charge on any atom is 0.373 e. The molecule has 2 N–H and O–H groups in total. The lowest BCUT2D eigenvalue weighted by Crippen LogP contribution is -2.41. The van der Waals surface area contributed by atoms with Crippen LogP contribution in [0.3, 0.4) is 0 Å². The molecular weight excluding hydrogens is 422 g/mol. The van der Waals surface area contributed by atoms with Crippen molar-refractivity contribution in [2.45, 2.75) is 38.8 Å². The Labute approximate surface area is 194 Å². The van der Waals surface area contributed by atoms with Crippen LogP contribution in [0.25, 0.3) is 0 Å². The molecule has 2 aromatic carbocycles. The van der Waals surface area contributed by atoms with E-state index >= 15 is 0 Å². The number of morpholine rings is 1. The molecule has 2 heterocycles. The van der Waals surface area contributed by atoms with E-state index in [1.165, 1.54) is 11.3 Å². The SMILES string of the molecule is CC(C)(C)OOC(=O)c1ccc(NC(=O)[C@H]2NCCc3c2cccc3N2CCOCC2)cc1. The Morgan fingerprint density at radius 1 is 1.09 bits per heavy atom. The maximum atomic E-state index is 13.1. The van der Waals surface area contributed by atoms with Crippen LogP contribution in [0.15, 0.2) is 42.5 Å². The first-order valence-electron chi connectivity index (χ1n) is 11.3. The average molecular weight is 454 g/mol. The molecule has 0 saturated carbocycles. The fourth-order valence-corrected chi connectivity index (χ4v) is 4.04. The summed E-state index contributed by atoms with van der Waals surface area (Å²) < 4.78 is 5.49. The Balaban J connectivity index is 1.44. The van der Waals surface area contributed by atoms with Gasteiger partial charge in [-0.1, -0.05) is 12.1 Å². The minimum Gasteiger partial charge on any atom is -0.378 e. The van der Waals surface area contributed by atoms with Gasteiger partial charge in [-0.3, -0.25) is 9.68 Å². The number of fused-ring (bicyclic) bond motifs is 1. The van der Waals surface area contributed by atoms with E-state index in [4.69, 9.17) is 14.5 Å². The largest absolute Gasteiger partial charge is 0.378 e. The van der Waals surface area contributed by atoms with Crippen molar-refractivity contribution in [3.05, 3.63) is 59.2 Å². The highest BCUT2D eigenvalue weighted by atomic mass is 17.2. The summed E-state index contributed by atoms with van der Waals surface area (Å²) in [4.78, 5) is 37.5. The monoisotopic (exact) mass is 453 g/mol. The summed E-state index contributed by atoms with van der Waals surface area (Å²) in [6, 6.07) is 12.3. The number of hydrogen-bond donors (Lipinski definition) is 2. The molecule has 0 unspecified atom stereocenters. The summed E-state index contributed by atoms with van der Waals surface area (Å²) in [5.41, 5.74) is 3.77. The minimum absolute atomic E-state index is 0.138. The van der Waals surface area contributed by atoms with Gasteiger partial charge in [-0.05, 0) is 68.7 Å². The van der Waals surface area contributed by atoms with Crippen LogP contribution >= 0.6 is 0 Å². The Morgan fingerprint density at radius 3 is 2.52 bits per heavy atom. The second kappa shape index (κ2) is 9.91. The quantitative estimate of drug-likeness (QED) is 0.531. The first-order valence-corrected chi connectivity index (χ1v) is 11.3. The zero-order valence-electron chi connectivity index (χ0n) is 19.3. The predicted molar refractivity (Wildman–Crippen MR) is 125 cm³/mol. The van der Waals surface area contributed by atoms with Gasteiger partial charge in [0, 0.05) is 31.0 Å². The fourth-order valence-electron chi connectivity index (χ4n) is 4.04. The summed E-state index contributed by atoms with van der Waals surface area (Å²) in [5, 5.41) is 6.30. The van der Waals surface area contributed by atoms with Crippen molar-refractivity contribution in [3.63, 3.8) is 0 Å². The van der Waals surface area contributed by atoms with Gasteiger partial charge < -0.3 is 20.3 Å². The number of ether oxygens (including phenoxy) is 1. The van der Waals surface area contributed by atoms with Gasteiger partial charge >= 0.3 is 5.97 Å². The first-order chi connectivity index (χ1) is 15.8. The highest BCUT2D eigenvalue weighted by Crippen LogP contribution is 2.32. The molecule has 1 fully saturated rings. The van der Waals surface area contributed by atoms with Crippen molar-refractivity contribution < 1.29 is 24.1 Å². The molecule has 0 aromatic heterocycles. The van der Waals surface area contributed by atoms with Crippen LogP contribution < -0.4 is 15.5 Å². The number of nitrogens with zero attached hydrogens (tertiary/aromatic N) is 1. The van der Waals surface area contributed by atoms with Crippen molar-refractivity contribution in [2.24, 2.45) is 0 Å². The summed E-state index contributed by atoms with van der Waals surface area (Å²) in [6.45, 7) is 9.26. The third kappa shape index (κ3) is 5.71. The summed E-state index contributed by atoms with van der Waals surface area (Å²) in [6.07, 6.45) is 0.875. The molecule has 0 spiro atoms. The summed E-state index contributed by atoms with van der Waals surface area (Å²) >= 11 is 0. The Hall–Kier alpha value is -2.94. The molecule has 8 heteroatoms. The second-order valence-electron chi connectivity index (χ2n) is 9.21. The van der Waals surface area contributed by atoms with E-state index in [-0.39, 0.29) is 5.91 Å². The molecule has 33 heavy (non-hydrogen) atoms. The smallest absolute Gasteiger partial charge is 0.373 e. The number of nitrogens with one attached hydrogen (secondary N) is 2. The molecule has 176 valence electrons. The van der Waals surface area contributed by atoms with E-state index < -0.39 is 17.6 Å². The lowest BCUT2D eigenvalue weighted by molar-refractivity contribution is -0.301. The Bertz CT molecular complexity index is 994. The zero-order valence-corrected chi connectivity index (χ0v) is 19.3. The molecular formula is C25H31N3O5. The number of hydrogen-bond acceptors (Lipinski definition) is 7. The van der Waals surface area contributed by atoms with Gasteiger partial charge in [0.05, 0.1) is 18.8 Å². The fraction of sp³-hybridized carbons (Fsp3) is 0.440. The van der Waals surface area contributed by atoms with Gasteiger partial charge in [0.1, 0.15) is 11.6 Å². The van der Waals surface area contributed by atoms with Crippen molar-refractivity contribution in [2.75, 3.05) is 43.1 Å². The first kappa shape index (κ1) is 23.2. The third-order valence-electron chi connectivity index (χ3n) is 5.59. The van der Waals surface area contributed by atoms with E-state index in [0.717, 1.165) is 44.8 Å². The van der Waals surface area contributed by atoms with Crippen LogP contribution in [0.2, 0.25) is 0 Å². The predicted octanol–water partition coefficient (Wildman–Crippen LogP) is 3.24. The summed E-state index contributed by atoms with van der Waals surface area (Å²) in [7, 11) is 0. The van der Waals surface area contributed by atoms with Crippen LogP contribution in [0.4, 0.5) is 11.4 Å². The second-order valence-corrected chi connectivity index (χ2v) is 9.21. The molecule has 4 rings (SSSR count). The van der Waals surface area contributed by atoms with Gasteiger partial charge in [-0.2, -0.15) is 4.89 Å². The molecule has 1 amide bonds. The highest BCUT2D eigenvalue weighted by Gasteiger charge is 2.29. The lowest BCUT2D eigenvalue weighted by atomic mass is 9.91. The number of rotatable bonds is 5. The van der Waals surface area contributed by atoms with E-state index in [9.17, 15) is 9.59 Å². The molecule has 0 radical (unpaired) electrons. The number of anilines is 2. The van der Waals surface area contributed by atoms with E-state index in [2.05, 4.69) is 21.6 Å². The van der Waals surface area contributed by atoms with Crippen LogP contribution in [0, 0.1) is 0 Å². The molecule has 2 aliphatic rings. The molecule has 0 aliphatic carbocycles. The standard InChI is InChI=1S/C25H31N3O5/c1-25(2,3)33-32-24(30)17-7-9-18(10-8-17)27-23(29)22-20-5-4-6-21(19(20)11-12-26-22)28-13-15-31-16-14-28/h4-10,22,26H,11-16H2,1-3H3,(H,27,29)/t22-/m0/s1. The van der Waals surface area contributed by atoms with Gasteiger partial charge in [0.25, 0.3) is 0 Å². The van der Waals surface area contributed by atoms with E-state index in [0.29, 0.717) is 11.3 Å². The zero-order chi connectivity index (χ0) is 23.4. The lowest BCUT2D eigenvalue weighted by Gasteiger charge is -2.34. The maximum absolute atomic E-state index is 13.1. The highest BCUT2D eigenvalue weighted by molar-refractivity contribution is 5.97. The number of carbonyl (C=O) groups excluding carboxylic acids is 2. The van der Waals surface area contributed by atoms with Gasteiger partial charge in [-0.15, -0.1) is 0 Å². The summed E-state index contributed by atoms with van der Waals surface area (Å²) in [5.74, 6) is -0.720. The molecule has 1 atom stereocenters. The van der Waals surface area contributed by atoms with Gasteiger partial charge in [0.2, 0.25) is 5.91 Å². The number of amides is 1. The molecule has 2 aromatic rings. The van der Waals surface area contributed by atoms with Crippen molar-refractivity contribution >= 4 is 23.3 Å². The normalized spacial score (nSPS) is 18.4. The van der Waals surface area contributed by atoms with Crippen molar-refractivity contribution in [1.82, 2.24) is 5.32 Å². The van der Waals surface area contributed by atoms with Crippen LogP contribution in [0.1, 0.15) is 48.3 Å². The molecule has 1 saturated heterocycles. The topological polar surface area (TPSA) is 89.1 Å². The number of benzene rings is 2. The van der Waals surface area contributed by atoms with Crippen molar-refractivity contribution in [3.8, 4) is 0 Å². The van der Waals surface area contributed by atoms with Gasteiger partial charge in [0.15, 0.2) is 0 Å².